The monoisotopic (exact) mass is 392 g/mol. The summed E-state index contributed by atoms with van der Waals surface area (Å²) in [6.07, 6.45) is 7.19. The van der Waals surface area contributed by atoms with Gasteiger partial charge >= 0.3 is 0 Å². The van der Waals surface area contributed by atoms with E-state index >= 15 is 0 Å². The van der Waals surface area contributed by atoms with Gasteiger partial charge in [-0.25, -0.2) is 0 Å². The van der Waals surface area contributed by atoms with Crippen LogP contribution in [0.5, 0.6) is 0 Å². The Bertz CT molecular complexity index is 801. The second kappa shape index (κ2) is 9.55. The van der Waals surface area contributed by atoms with E-state index < -0.39 is 0 Å². The maximum atomic E-state index is 13.3. The van der Waals surface area contributed by atoms with Crippen molar-refractivity contribution in [3.05, 3.63) is 71.3 Å². The molecule has 29 heavy (non-hydrogen) atoms. The molecule has 154 valence electrons. The van der Waals surface area contributed by atoms with Gasteiger partial charge in [0.05, 0.1) is 25.2 Å². The summed E-state index contributed by atoms with van der Waals surface area (Å²) in [5.41, 5.74) is 3.76. The molecule has 4 rings (SSSR count). The third-order valence-corrected chi connectivity index (χ3v) is 6.63. The average Bonchev–Trinajstić information content (AvgIpc) is 2.80. The SMILES string of the molecule is O=C(CN[C@H](CO)c1ccccc1)N1CCc2ccccc2C1C1CCCCC1. The minimum atomic E-state index is -0.217. The summed E-state index contributed by atoms with van der Waals surface area (Å²) in [5.74, 6) is 0.696. The average molecular weight is 393 g/mol. The van der Waals surface area contributed by atoms with Crippen molar-refractivity contribution in [2.75, 3.05) is 19.7 Å². The van der Waals surface area contributed by atoms with Crippen molar-refractivity contribution in [1.82, 2.24) is 10.2 Å². The van der Waals surface area contributed by atoms with Gasteiger partial charge in [-0.05, 0) is 41.9 Å². The Kier molecular flexibility index (Phi) is 6.63. The molecule has 2 N–H and O–H groups in total. The Hall–Kier alpha value is -2.17. The molecule has 0 spiro atoms. The molecule has 1 fully saturated rings. The van der Waals surface area contributed by atoms with Crippen LogP contribution >= 0.6 is 0 Å². The molecule has 0 bridgehead atoms. The number of nitrogens with zero attached hydrogens (tertiary/aromatic N) is 1. The first-order valence-corrected chi connectivity index (χ1v) is 11.0. The Morgan fingerprint density at radius 3 is 2.52 bits per heavy atom. The van der Waals surface area contributed by atoms with Crippen molar-refractivity contribution in [3.8, 4) is 0 Å². The van der Waals surface area contributed by atoms with Crippen LogP contribution in [0.3, 0.4) is 0 Å². The van der Waals surface area contributed by atoms with Gasteiger partial charge in [0.2, 0.25) is 5.91 Å². The van der Waals surface area contributed by atoms with Gasteiger partial charge < -0.3 is 10.0 Å². The maximum absolute atomic E-state index is 13.3. The van der Waals surface area contributed by atoms with Crippen LogP contribution in [0.4, 0.5) is 0 Å². The predicted molar refractivity (Wildman–Crippen MR) is 115 cm³/mol. The number of hydrogen-bond donors (Lipinski definition) is 2. The molecule has 4 heteroatoms. The van der Waals surface area contributed by atoms with Crippen molar-refractivity contribution in [1.29, 1.82) is 0 Å². The van der Waals surface area contributed by atoms with Crippen molar-refractivity contribution in [3.63, 3.8) is 0 Å². The summed E-state index contributed by atoms with van der Waals surface area (Å²) < 4.78 is 0. The first kappa shape index (κ1) is 20.1. The number of amides is 1. The molecule has 1 unspecified atom stereocenters. The summed E-state index contributed by atoms with van der Waals surface area (Å²) in [7, 11) is 0. The minimum Gasteiger partial charge on any atom is -0.394 e. The van der Waals surface area contributed by atoms with Crippen LogP contribution in [-0.4, -0.2) is 35.6 Å². The molecule has 4 nitrogen and oxygen atoms in total. The zero-order chi connectivity index (χ0) is 20.1. The lowest BCUT2D eigenvalue weighted by Crippen LogP contribution is -2.47. The number of fused-ring (bicyclic) bond motifs is 1. The van der Waals surface area contributed by atoms with Crippen LogP contribution in [0.2, 0.25) is 0 Å². The summed E-state index contributed by atoms with van der Waals surface area (Å²) in [5, 5.41) is 13.1. The molecule has 1 saturated carbocycles. The topological polar surface area (TPSA) is 52.6 Å². The number of hydrogen-bond acceptors (Lipinski definition) is 3. The number of benzene rings is 2. The van der Waals surface area contributed by atoms with Crippen LogP contribution in [-0.2, 0) is 11.2 Å². The molecular formula is C25H32N2O2. The summed E-state index contributed by atoms with van der Waals surface area (Å²) in [4.78, 5) is 15.4. The molecule has 2 atom stereocenters. The fourth-order valence-electron chi connectivity index (χ4n) is 5.12. The molecule has 2 aromatic rings. The van der Waals surface area contributed by atoms with Gasteiger partial charge in [0.1, 0.15) is 0 Å². The molecular weight excluding hydrogens is 360 g/mol. The lowest BCUT2D eigenvalue weighted by molar-refractivity contribution is -0.135. The van der Waals surface area contributed by atoms with E-state index in [0.717, 1.165) is 18.5 Å². The van der Waals surface area contributed by atoms with Gasteiger partial charge in [0.15, 0.2) is 0 Å². The Labute approximate surface area is 173 Å². The third kappa shape index (κ3) is 4.54. The third-order valence-electron chi connectivity index (χ3n) is 6.63. The molecule has 1 aliphatic heterocycles. The van der Waals surface area contributed by atoms with E-state index in [1.165, 1.54) is 43.2 Å². The highest BCUT2D eigenvalue weighted by molar-refractivity contribution is 5.79. The van der Waals surface area contributed by atoms with E-state index in [4.69, 9.17) is 0 Å². The summed E-state index contributed by atoms with van der Waals surface area (Å²) >= 11 is 0. The number of carbonyl (C=O) groups is 1. The first-order chi connectivity index (χ1) is 14.3. The number of rotatable bonds is 6. The predicted octanol–water partition coefficient (Wildman–Crippen LogP) is 4.02. The van der Waals surface area contributed by atoms with Gasteiger partial charge in [0, 0.05) is 6.54 Å². The number of aliphatic hydroxyl groups excluding tert-OH is 1. The molecule has 1 aliphatic carbocycles. The van der Waals surface area contributed by atoms with E-state index in [9.17, 15) is 9.90 Å². The van der Waals surface area contributed by atoms with Gasteiger partial charge in [0.25, 0.3) is 0 Å². The second-order valence-corrected chi connectivity index (χ2v) is 8.41. The van der Waals surface area contributed by atoms with E-state index in [1.54, 1.807) is 0 Å². The van der Waals surface area contributed by atoms with E-state index in [0.29, 0.717) is 5.92 Å². The minimum absolute atomic E-state index is 0.0216. The van der Waals surface area contributed by atoms with Crippen molar-refractivity contribution < 1.29 is 9.90 Å². The van der Waals surface area contributed by atoms with Crippen molar-refractivity contribution >= 4 is 5.91 Å². The van der Waals surface area contributed by atoms with Gasteiger partial charge in [-0.15, -0.1) is 0 Å². The van der Waals surface area contributed by atoms with E-state index in [2.05, 4.69) is 34.5 Å². The molecule has 0 saturated heterocycles. The highest BCUT2D eigenvalue weighted by Gasteiger charge is 2.36. The Morgan fingerprint density at radius 2 is 1.76 bits per heavy atom. The zero-order valence-corrected chi connectivity index (χ0v) is 17.1. The molecule has 2 aliphatic rings. The van der Waals surface area contributed by atoms with Crippen LogP contribution in [0.15, 0.2) is 54.6 Å². The Morgan fingerprint density at radius 1 is 1.03 bits per heavy atom. The summed E-state index contributed by atoms with van der Waals surface area (Å²) in [6, 6.07) is 18.5. The largest absolute Gasteiger partial charge is 0.394 e. The molecule has 0 aromatic heterocycles. The molecule has 0 radical (unpaired) electrons. The van der Waals surface area contributed by atoms with Gasteiger partial charge in [-0.3, -0.25) is 10.1 Å². The normalized spacial score (nSPS) is 20.9. The number of carbonyl (C=O) groups excluding carboxylic acids is 1. The van der Waals surface area contributed by atoms with Crippen LogP contribution < -0.4 is 5.32 Å². The highest BCUT2D eigenvalue weighted by atomic mass is 16.3. The maximum Gasteiger partial charge on any atom is 0.237 e. The zero-order valence-electron chi connectivity index (χ0n) is 17.1. The number of nitrogens with one attached hydrogen (secondary N) is 1. The summed E-state index contributed by atoms with van der Waals surface area (Å²) in [6.45, 7) is 1.02. The van der Waals surface area contributed by atoms with Crippen LogP contribution in [0, 0.1) is 5.92 Å². The van der Waals surface area contributed by atoms with E-state index in [-0.39, 0.29) is 31.1 Å². The van der Waals surface area contributed by atoms with Crippen molar-refractivity contribution in [2.24, 2.45) is 5.92 Å². The van der Waals surface area contributed by atoms with Crippen molar-refractivity contribution in [2.45, 2.75) is 50.6 Å². The number of aliphatic hydroxyl groups is 1. The standard InChI is InChI=1S/C25H32N2O2/c28-18-23(20-10-3-1-4-11-20)26-17-24(29)27-16-15-19-9-7-8-14-22(19)25(27)21-12-5-2-6-13-21/h1,3-4,7-11,14,21,23,25-26,28H,2,5-6,12-13,15-18H2/t23-,25?/m1/s1. The van der Waals surface area contributed by atoms with Gasteiger partial charge in [-0.2, -0.15) is 0 Å². The first-order valence-electron chi connectivity index (χ1n) is 11.0. The smallest absolute Gasteiger partial charge is 0.237 e. The second-order valence-electron chi connectivity index (χ2n) is 8.41. The lowest BCUT2D eigenvalue weighted by Gasteiger charge is -2.43. The van der Waals surface area contributed by atoms with E-state index in [1.807, 2.05) is 30.3 Å². The quantitative estimate of drug-likeness (QED) is 0.781. The lowest BCUT2D eigenvalue weighted by atomic mass is 9.77. The molecule has 2 aromatic carbocycles. The van der Waals surface area contributed by atoms with Crippen LogP contribution in [0.1, 0.15) is 60.9 Å². The van der Waals surface area contributed by atoms with Gasteiger partial charge in [-0.1, -0.05) is 73.9 Å². The highest BCUT2D eigenvalue weighted by Crippen LogP contribution is 2.41. The fraction of sp³-hybridized carbons (Fsp3) is 0.480. The Balaban J connectivity index is 1.50. The molecule has 1 heterocycles. The molecule has 1 amide bonds. The van der Waals surface area contributed by atoms with Crippen LogP contribution in [0.25, 0.3) is 0 Å². The fourth-order valence-corrected chi connectivity index (χ4v) is 5.12.